The van der Waals surface area contributed by atoms with Crippen molar-refractivity contribution in [1.29, 1.82) is 0 Å². The lowest BCUT2D eigenvalue weighted by Gasteiger charge is -2.10. The Labute approximate surface area is 126 Å². The van der Waals surface area contributed by atoms with Crippen LogP contribution >= 0.6 is 15.9 Å². The Kier molecular flexibility index (Phi) is 5.24. The van der Waals surface area contributed by atoms with Crippen LogP contribution in [0.4, 0.5) is 0 Å². The monoisotopic (exact) mass is 337 g/mol. The van der Waals surface area contributed by atoms with Crippen molar-refractivity contribution in [3.8, 4) is 5.75 Å². The van der Waals surface area contributed by atoms with Crippen LogP contribution in [0, 0.1) is 0 Å². The van der Waals surface area contributed by atoms with Crippen LogP contribution in [0.5, 0.6) is 5.75 Å². The van der Waals surface area contributed by atoms with Gasteiger partial charge in [-0.15, -0.1) is 0 Å². The van der Waals surface area contributed by atoms with E-state index in [2.05, 4.69) is 15.9 Å². The molecule has 0 aliphatic rings. The molecule has 0 bridgehead atoms. The first-order valence-corrected chi connectivity index (χ1v) is 7.20. The number of rotatable bonds is 6. The van der Waals surface area contributed by atoms with Crippen molar-refractivity contribution in [3.05, 3.63) is 52.8 Å². The third-order valence-corrected chi connectivity index (χ3v) is 3.20. The van der Waals surface area contributed by atoms with Crippen LogP contribution in [0.2, 0.25) is 0 Å². The molecule has 5 heteroatoms. The molecule has 2 rings (SSSR count). The van der Waals surface area contributed by atoms with Crippen molar-refractivity contribution in [1.82, 2.24) is 4.57 Å². The summed E-state index contributed by atoms with van der Waals surface area (Å²) in [5.41, 5.74) is 0.546. The number of nitrogens with zero attached hydrogens (tertiary/aromatic N) is 1. The number of aromatic nitrogens is 1. The molecule has 106 valence electrons. The van der Waals surface area contributed by atoms with Crippen molar-refractivity contribution in [2.45, 2.75) is 13.5 Å². The van der Waals surface area contributed by atoms with Gasteiger partial charge < -0.3 is 14.0 Å². The van der Waals surface area contributed by atoms with Gasteiger partial charge in [0, 0.05) is 10.7 Å². The number of esters is 1. The van der Waals surface area contributed by atoms with E-state index < -0.39 is 0 Å². The van der Waals surface area contributed by atoms with Crippen LogP contribution < -0.4 is 4.74 Å². The number of ether oxygens (including phenoxy) is 2. The van der Waals surface area contributed by atoms with Gasteiger partial charge in [-0.1, -0.05) is 22.0 Å². The van der Waals surface area contributed by atoms with Crippen LogP contribution in [-0.2, 0) is 11.3 Å². The van der Waals surface area contributed by atoms with Gasteiger partial charge in [0.25, 0.3) is 0 Å². The Morgan fingerprint density at radius 2 is 2.15 bits per heavy atom. The maximum absolute atomic E-state index is 11.7. The molecular weight excluding hydrogens is 322 g/mol. The van der Waals surface area contributed by atoms with E-state index in [9.17, 15) is 4.79 Å². The fourth-order valence-electron chi connectivity index (χ4n) is 1.82. The Morgan fingerprint density at radius 3 is 2.90 bits per heavy atom. The van der Waals surface area contributed by atoms with Gasteiger partial charge in [0.2, 0.25) is 0 Å². The molecule has 0 amide bonds. The largest absolute Gasteiger partial charge is 0.492 e. The molecule has 0 saturated heterocycles. The van der Waals surface area contributed by atoms with Crippen molar-refractivity contribution in [2.75, 3.05) is 13.2 Å². The molecule has 0 aliphatic carbocycles. The standard InChI is InChI=1S/C15H16BrNO3/c1-2-19-15(18)14-7-4-8-17(14)9-10-20-13-6-3-5-12(16)11-13/h3-8,11H,2,9-10H2,1H3. The number of halogens is 1. The number of benzene rings is 1. The molecule has 2 aromatic rings. The quantitative estimate of drug-likeness (QED) is 0.757. The zero-order chi connectivity index (χ0) is 14.4. The lowest BCUT2D eigenvalue weighted by Crippen LogP contribution is -2.15. The molecule has 4 nitrogen and oxygen atoms in total. The molecule has 0 saturated carbocycles. The van der Waals surface area contributed by atoms with Crippen LogP contribution in [0.25, 0.3) is 0 Å². The second-order valence-corrected chi connectivity index (χ2v) is 5.03. The molecule has 1 aromatic carbocycles. The summed E-state index contributed by atoms with van der Waals surface area (Å²) < 4.78 is 13.5. The Hall–Kier alpha value is -1.75. The summed E-state index contributed by atoms with van der Waals surface area (Å²) in [6, 6.07) is 11.2. The number of carbonyl (C=O) groups excluding carboxylic acids is 1. The van der Waals surface area contributed by atoms with Crippen molar-refractivity contribution in [3.63, 3.8) is 0 Å². The summed E-state index contributed by atoms with van der Waals surface area (Å²) in [6.07, 6.45) is 1.84. The van der Waals surface area contributed by atoms with E-state index in [0.717, 1.165) is 10.2 Å². The summed E-state index contributed by atoms with van der Waals surface area (Å²) in [5.74, 6) is 0.490. The third-order valence-electron chi connectivity index (χ3n) is 2.71. The molecule has 0 fully saturated rings. The molecular formula is C15H16BrNO3. The number of carbonyl (C=O) groups is 1. The van der Waals surface area contributed by atoms with Crippen LogP contribution in [0.3, 0.4) is 0 Å². The molecule has 0 radical (unpaired) electrons. The van der Waals surface area contributed by atoms with Crippen LogP contribution in [0.1, 0.15) is 17.4 Å². The fraction of sp³-hybridized carbons (Fsp3) is 0.267. The highest BCUT2D eigenvalue weighted by Crippen LogP contribution is 2.17. The Morgan fingerprint density at radius 1 is 1.30 bits per heavy atom. The maximum atomic E-state index is 11.7. The molecule has 0 spiro atoms. The van der Waals surface area contributed by atoms with E-state index >= 15 is 0 Å². The Balaban J connectivity index is 1.91. The minimum Gasteiger partial charge on any atom is -0.492 e. The lowest BCUT2D eigenvalue weighted by molar-refractivity contribution is 0.0513. The first-order valence-electron chi connectivity index (χ1n) is 6.41. The summed E-state index contributed by atoms with van der Waals surface area (Å²) in [4.78, 5) is 11.7. The molecule has 1 aromatic heterocycles. The maximum Gasteiger partial charge on any atom is 0.354 e. The summed E-state index contributed by atoms with van der Waals surface area (Å²) in [6.45, 7) is 3.24. The highest BCUT2D eigenvalue weighted by molar-refractivity contribution is 9.10. The smallest absolute Gasteiger partial charge is 0.354 e. The number of hydrogen-bond donors (Lipinski definition) is 0. The van der Waals surface area contributed by atoms with Gasteiger partial charge >= 0.3 is 5.97 Å². The second-order valence-electron chi connectivity index (χ2n) is 4.11. The van der Waals surface area contributed by atoms with Crippen LogP contribution in [-0.4, -0.2) is 23.8 Å². The zero-order valence-electron chi connectivity index (χ0n) is 11.2. The highest BCUT2D eigenvalue weighted by atomic mass is 79.9. The normalized spacial score (nSPS) is 10.3. The second kappa shape index (κ2) is 7.14. The van der Waals surface area contributed by atoms with Crippen molar-refractivity contribution < 1.29 is 14.3 Å². The summed E-state index contributed by atoms with van der Waals surface area (Å²) >= 11 is 3.39. The van der Waals surface area contributed by atoms with E-state index in [1.54, 1.807) is 13.0 Å². The van der Waals surface area contributed by atoms with E-state index in [0.29, 0.717) is 25.5 Å². The zero-order valence-corrected chi connectivity index (χ0v) is 12.8. The van der Waals surface area contributed by atoms with E-state index in [1.165, 1.54) is 0 Å². The Bertz CT molecular complexity index is 580. The topological polar surface area (TPSA) is 40.5 Å². The van der Waals surface area contributed by atoms with Gasteiger partial charge in [0.05, 0.1) is 13.2 Å². The first-order chi connectivity index (χ1) is 9.70. The van der Waals surface area contributed by atoms with Gasteiger partial charge in [-0.2, -0.15) is 0 Å². The minimum atomic E-state index is -0.306. The third kappa shape index (κ3) is 3.87. The average Bonchev–Trinajstić information content (AvgIpc) is 2.87. The van der Waals surface area contributed by atoms with E-state index in [-0.39, 0.29) is 5.97 Å². The summed E-state index contributed by atoms with van der Waals surface area (Å²) in [7, 11) is 0. The minimum absolute atomic E-state index is 0.306. The van der Waals surface area contributed by atoms with Gasteiger partial charge in [-0.25, -0.2) is 4.79 Å². The molecule has 0 aliphatic heterocycles. The lowest BCUT2D eigenvalue weighted by atomic mass is 10.3. The molecule has 0 atom stereocenters. The first kappa shape index (κ1) is 14.7. The predicted molar refractivity (Wildman–Crippen MR) is 80.0 cm³/mol. The van der Waals surface area contributed by atoms with Crippen molar-refractivity contribution >= 4 is 21.9 Å². The van der Waals surface area contributed by atoms with Gasteiger partial charge in [0.15, 0.2) is 0 Å². The predicted octanol–water partition coefficient (Wildman–Crippen LogP) is 3.51. The van der Waals surface area contributed by atoms with E-state index in [4.69, 9.17) is 9.47 Å². The highest BCUT2D eigenvalue weighted by Gasteiger charge is 2.11. The fourth-order valence-corrected chi connectivity index (χ4v) is 2.20. The molecule has 0 N–H and O–H groups in total. The molecule has 1 heterocycles. The van der Waals surface area contributed by atoms with Gasteiger partial charge in [-0.05, 0) is 37.3 Å². The number of hydrogen-bond acceptors (Lipinski definition) is 3. The molecule has 20 heavy (non-hydrogen) atoms. The van der Waals surface area contributed by atoms with Crippen molar-refractivity contribution in [2.24, 2.45) is 0 Å². The van der Waals surface area contributed by atoms with E-state index in [1.807, 2.05) is 41.1 Å². The van der Waals surface area contributed by atoms with Crippen LogP contribution in [0.15, 0.2) is 47.1 Å². The SMILES string of the molecule is CCOC(=O)c1cccn1CCOc1cccc(Br)c1. The molecule has 0 unspecified atom stereocenters. The van der Waals surface area contributed by atoms with Gasteiger partial charge in [-0.3, -0.25) is 0 Å². The summed E-state index contributed by atoms with van der Waals surface area (Å²) in [5, 5.41) is 0. The average molecular weight is 338 g/mol. The van der Waals surface area contributed by atoms with Gasteiger partial charge in [0.1, 0.15) is 18.1 Å².